The number of benzene rings is 1. The lowest BCUT2D eigenvalue weighted by Gasteiger charge is -2.22. The first-order valence-corrected chi connectivity index (χ1v) is 8.60. The van der Waals surface area contributed by atoms with Crippen LogP contribution in [0.3, 0.4) is 0 Å². The number of hydrogen-bond donors (Lipinski definition) is 2. The van der Waals surface area contributed by atoms with E-state index in [4.69, 9.17) is 4.74 Å². The summed E-state index contributed by atoms with van der Waals surface area (Å²) in [4.78, 5) is 17.9. The van der Waals surface area contributed by atoms with Crippen LogP contribution in [0.25, 0.3) is 0 Å². The molecule has 0 spiro atoms. The van der Waals surface area contributed by atoms with E-state index in [1.165, 1.54) is 6.07 Å². The fourth-order valence-electron chi connectivity index (χ4n) is 1.97. The second-order valence-electron chi connectivity index (χ2n) is 5.88. The van der Waals surface area contributed by atoms with Crippen LogP contribution in [0.4, 0.5) is 4.39 Å². The molecule has 26 heavy (non-hydrogen) atoms. The van der Waals surface area contributed by atoms with Gasteiger partial charge in [0.1, 0.15) is 6.61 Å². The van der Waals surface area contributed by atoms with Crippen LogP contribution in [0.1, 0.15) is 20.8 Å². The zero-order valence-corrected chi connectivity index (χ0v) is 18.2. The Morgan fingerprint density at radius 1 is 1.31 bits per heavy atom. The van der Waals surface area contributed by atoms with Gasteiger partial charge in [-0.1, -0.05) is 26.0 Å². The van der Waals surface area contributed by atoms with Crippen LogP contribution >= 0.6 is 24.0 Å². The predicted octanol–water partition coefficient (Wildman–Crippen LogP) is 2.49. The van der Waals surface area contributed by atoms with Crippen molar-refractivity contribution in [3.63, 3.8) is 0 Å². The Hall–Kier alpha value is -1.58. The molecule has 0 heterocycles. The van der Waals surface area contributed by atoms with E-state index in [1.54, 1.807) is 18.2 Å². The van der Waals surface area contributed by atoms with Gasteiger partial charge in [0, 0.05) is 26.1 Å². The topological polar surface area (TPSA) is 66.0 Å². The number of carbonyl (C=O) groups is 1. The van der Waals surface area contributed by atoms with E-state index in [0.717, 1.165) is 12.5 Å². The first-order valence-electron chi connectivity index (χ1n) is 8.60. The summed E-state index contributed by atoms with van der Waals surface area (Å²) < 4.78 is 19.0. The van der Waals surface area contributed by atoms with Gasteiger partial charge in [0.2, 0.25) is 5.91 Å². The van der Waals surface area contributed by atoms with Gasteiger partial charge in [-0.25, -0.2) is 4.39 Å². The molecule has 0 aliphatic heterocycles. The fraction of sp³-hybridized carbons (Fsp3) is 0.556. The Bertz CT molecular complexity index is 570. The normalized spacial score (nSPS) is 10.9. The molecule has 2 N–H and O–H groups in total. The van der Waals surface area contributed by atoms with E-state index in [0.29, 0.717) is 26.2 Å². The van der Waals surface area contributed by atoms with Gasteiger partial charge in [-0.15, -0.1) is 24.0 Å². The number of ether oxygens (including phenoxy) is 1. The molecule has 0 unspecified atom stereocenters. The number of guanidine groups is 1. The lowest BCUT2D eigenvalue weighted by Crippen LogP contribution is -2.41. The summed E-state index contributed by atoms with van der Waals surface area (Å²) >= 11 is 0. The minimum Gasteiger partial charge on any atom is -0.489 e. The zero-order chi connectivity index (χ0) is 18.7. The highest BCUT2D eigenvalue weighted by Crippen LogP contribution is 2.14. The molecule has 0 radical (unpaired) electrons. The van der Waals surface area contributed by atoms with Crippen molar-refractivity contribution >= 4 is 35.8 Å². The SMILES string of the molecule is CCNC(=NCCNC(=O)C(C)C)N(C)CCOc1ccccc1F.I. The number of halogens is 2. The predicted molar refractivity (Wildman–Crippen MR) is 114 cm³/mol. The Balaban J connectivity index is 0.00000625. The minimum absolute atomic E-state index is 0. The minimum atomic E-state index is -0.369. The number of rotatable bonds is 9. The number of amides is 1. The number of hydrogen-bond acceptors (Lipinski definition) is 3. The zero-order valence-electron chi connectivity index (χ0n) is 15.9. The summed E-state index contributed by atoms with van der Waals surface area (Å²) in [5.41, 5.74) is 0. The molecule has 1 rings (SSSR count). The number of carbonyl (C=O) groups excluding carboxylic acids is 1. The molecule has 8 heteroatoms. The van der Waals surface area contributed by atoms with Crippen LogP contribution in [0.5, 0.6) is 5.75 Å². The Labute approximate surface area is 172 Å². The third kappa shape index (κ3) is 9.21. The van der Waals surface area contributed by atoms with Crippen LogP contribution in [-0.2, 0) is 4.79 Å². The van der Waals surface area contributed by atoms with Crippen molar-refractivity contribution < 1.29 is 13.9 Å². The molecule has 0 aliphatic rings. The van der Waals surface area contributed by atoms with E-state index in [1.807, 2.05) is 32.7 Å². The van der Waals surface area contributed by atoms with Crippen molar-refractivity contribution in [2.45, 2.75) is 20.8 Å². The van der Waals surface area contributed by atoms with Crippen molar-refractivity contribution in [2.24, 2.45) is 10.9 Å². The molecule has 0 fully saturated rings. The van der Waals surface area contributed by atoms with Gasteiger partial charge in [0.15, 0.2) is 17.5 Å². The molecule has 0 aromatic heterocycles. The number of nitrogens with one attached hydrogen (secondary N) is 2. The lowest BCUT2D eigenvalue weighted by atomic mass is 10.2. The molecular formula is C18H30FIN4O2. The summed E-state index contributed by atoms with van der Waals surface area (Å²) in [6.45, 7) is 8.29. The van der Waals surface area contributed by atoms with Gasteiger partial charge in [-0.3, -0.25) is 9.79 Å². The Morgan fingerprint density at radius 2 is 2.00 bits per heavy atom. The molecule has 0 atom stereocenters. The largest absolute Gasteiger partial charge is 0.489 e. The molecular weight excluding hydrogens is 450 g/mol. The summed E-state index contributed by atoms with van der Waals surface area (Å²) in [7, 11) is 1.89. The monoisotopic (exact) mass is 480 g/mol. The fourth-order valence-corrected chi connectivity index (χ4v) is 1.97. The van der Waals surface area contributed by atoms with Gasteiger partial charge in [0.05, 0.1) is 13.1 Å². The Morgan fingerprint density at radius 3 is 2.62 bits per heavy atom. The van der Waals surface area contributed by atoms with Gasteiger partial charge >= 0.3 is 0 Å². The number of aliphatic imine (C=N–C) groups is 1. The van der Waals surface area contributed by atoms with Gasteiger partial charge < -0.3 is 20.3 Å². The summed E-state index contributed by atoms with van der Waals surface area (Å²) in [5.74, 6) is 0.585. The van der Waals surface area contributed by atoms with E-state index in [9.17, 15) is 9.18 Å². The highest BCUT2D eigenvalue weighted by atomic mass is 127. The molecule has 6 nitrogen and oxygen atoms in total. The average Bonchev–Trinajstić information content (AvgIpc) is 2.58. The molecule has 0 aliphatic carbocycles. The second-order valence-corrected chi connectivity index (χ2v) is 5.88. The number of para-hydroxylation sites is 1. The van der Waals surface area contributed by atoms with Gasteiger partial charge in [-0.2, -0.15) is 0 Å². The molecule has 0 bridgehead atoms. The maximum Gasteiger partial charge on any atom is 0.222 e. The van der Waals surface area contributed by atoms with Gasteiger partial charge in [0.25, 0.3) is 0 Å². The first kappa shape index (κ1) is 24.4. The maximum atomic E-state index is 13.5. The van der Waals surface area contributed by atoms with Crippen LogP contribution in [0, 0.1) is 11.7 Å². The van der Waals surface area contributed by atoms with Gasteiger partial charge in [-0.05, 0) is 19.1 Å². The maximum absolute atomic E-state index is 13.5. The standard InChI is InChI=1S/C18H29FN4O2.HI/c1-5-20-18(22-11-10-21-17(24)14(2)3)23(4)12-13-25-16-9-7-6-8-15(16)19;/h6-9,14H,5,10-13H2,1-4H3,(H,20,22)(H,21,24);1H. The van der Waals surface area contributed by atoms with Crippen LogP contribution in [0.15, 0.2) is 29.3 Å². The molecule has 0 saturated carbocycles. The van der Waals surface area contributed by atoms with Crippen LogP contribution in [-0.4, -0.2) is 56.6 Å². The number of nitrogens with zero attached hydrogens (tertiary/aromatic N) is 2. The van der Waals surface area contributed by atoms with Crippen LogP contribution < -0.4 is 15.4 Å². The van der Waals surface area contributed by atoms with E-state index >= 15 is 0 Å². The number of likely N-dealkylation sites (N-methyl/N-ethyl adjacent to an activating group) is 1. The van der Waals surface area contributed by atoms with Crippen molar-refractivity contribution in [3.8, 4) is 5.75 Å². The molecule has 1 amide bonds. The quantitative estimate of drug-likeness (QED) is 0.247. The molecule has 1 aromatic carbocycles. The van der Waals surface area contributed by atoms with Crippen LogP contribution in [0.2, 0.25) is 0 Å². The van der Waals surface area contributed by atoms with Crippen molar-refractivity contribution in [3.05, 3.63) is 30.1 Å². The van der Waals surface area contributed by atoms with Crippen molar-refractivity contribution in [1.29, 1.82) is 0 Å². The Kier molecular flexibility index (Phi) is 12.8. The third-order valence-corrected chi connectivity index (χ3v) is 3.41. The molecule has 1 aromatic rings. The highest BCUT2D eigenvalue weighted by Gasteiger charge is 2.08. The molecule has 148 valence electrons. The first-order chi connectivity index (χ1) is 12.0. The second kappa shape index (κ2) is 13.6. The summed E-state index contributed by atoms with van der Waals surface area (Å²) in [6, 6.07) is 6.34. The van der Waals surface area contributed by atoms with Crippen molar-refractivity contribution in [2.75, 3.05) is 39.8 Å². The smallest absolute Gasteiger partial charge is 0.222 e. The summed E-state index contributed by atoms with van der Waals surface area (Å²) in [5, 5.41) is 6.02. The summed E-state index contributed by atoms with van der Waals surface area (Å²) in [6.07, 6.45) is 0. The highest BCUT2D eigenvalue weighted by molar-refractivity contribution is 14.0. The van der Waals surface area contributed by atoms with E-state index < -0.39 is 0 Å². The third-order valence-electron chi connectivity index (χ3n) is 3.41. The van der Waals surface area contributed by atoms with E-state index in [-0.39, 0.29) is 47.4 Å². The average molecular weight is 480 g/mol. The van der Waals surface area contributed by atoms with E-state index in [2.05, 4.69) is 15.6 Å². The molecule has 0 saturated heterocycles. The van der Waals surface area contributed by atoms with Crippen molar-refractivity contribution in [1.82, 2.24) is 15.5 Å². The lowest BCUT2D eigenvalue weighted by molar-refractivity contribution is -0.123.